The van der Waals surface area contributed by atoms with E-state index in [4.69, 9.17) is 5.73 Å². The molecule has 1 aromatic heterocycles. The fourth-order valence-corrected chi connectivity index (χ4v) is 1.32. The molecule has 0 spiro atoms. The number of carbonyl (C=O) groups is 1. The second-order valence-electron chi connectivity index (χ2n) is 3.51. The average Bonchev–Trinajstić information content (AvgIpc) is 2.61. The van der Waals surface area contributed by atoms with Gasteiger partial charge in [-0.3, -0.25) is 9.48 Å². The van der Waals surface area contributed by atoms with Gasteiger partial charge in [-0.15, -0.1) is 0 Å². The molecule has 0 bridgehead atoms. The lowest BCUT2D eigenvalue weighted by molar-refractivity contribution is 0.0955. The second kappa shape index (κ2) is 4.91. The van der Waals surface area contributed by atoms with Crippen LogP contribution in [0.25, 0.3) is 0 Å². The Labute approximate surface area is 84.1 Å². The van der Waals surface area contributed by atoms with E-state index in [1.807, 2.05) is 6.92 Å². The molecule has 1 heterocycles. The van der Waals surface area contributed by atoms with Crippen LogP contribution in [-0.2, 0) is 7.05 Å². The molecule has 0 radical (unpaired) electrons. The van der Waals surface area contributed by atoms with Crippen molar-refractivity contribution in [3.63, 3.8) is 0 Å². The zero-order chi connectivity index (χ0) is 10.6. The first-order chi connectivity index (χ1) is 6.67. The molecule has 2 N–H and O–H groups in total. The Hall–Kier alpha value is -1.16. The van der Waals surface area contributed by atoms with Crippen molar-refractivity contribution in [3.8, 4) is 0 Å². The SMILES string of the molecule is CCC(CN)CC(=O)c1ccn(C)n1. The summed E-state index contributed by atoms with van der Waals surface area (Å²) < 4.78 is 1.64. The zero-order valence-corrected chi connectivity index (χ0v) is 8.73. The van der Waals surface area contributed by atoms with E-state index in [1.165, 1.54) is 0 Å². The summed E-state index contributed by atoms with van der Waals surface area (Å²) >= 11 is 0. The quantitative estimate of drug-likeness (QED) is 0.712. The van der Waals surface area contributed by atoms with Gasteiger partial charge in [0.15, 0.2) is 5.78 Å². The number of rotatable bonds is 5. The molecule has 0 aromatic carbocycles. The molecule has 0 aliphatic heterocycles. The van der Waals surface area contributed by atoms with E-state index in [-0.39, 0.29) is 11.7 Å². The van der Waals surface area contributed by atoms with Crippen LogP contribution in [0.3, 0.4) is 0 Å². The summed E-state index contributed by atoms with van der Waals surface area (Å²) in [5, 5.41) is 4.06. The fourth-order valence-electron chi connectivity index (χ4n) is 1.32. The molecule has 1 rings (SSSR count). The van der Waals surface area contributed by atoms with Gasteiger partial charge in [0.05, 0.1) is 0 Å². The Morgan fingerprint density at radius 3 is 2.86 bits per heavy atom. The van der Waals surface area contributed by atoms with Crippen LogP contribution >= 0.6 is 0 Å². The predicted molar refractivity (Wildman–Crippen MR) is 55.0 cm³/mol. The average molecular weight is 195 g/mol. The molecule has 1 unspecified atom stereocenters. The lowest BCUT2D eigenvalue weighted by atomic mass is 9.99. The Kier molecular flexibility index (Phi) is 3.83. The minimum Gasteiger partial charge on any atom is -0.330 e. The molecule has 0 fully saturated rings. The van der Waals surface area contributed by atoms with Crippen molar-refractivity contribution in [2.45, 2.75) is 19.8 Å². The maximum atomic E-state index is 11.7. The van der Waals surface area contributed by atoms with Crippen molar-refractivity contribution in [2.24, 2.45) is 18.7 Å². The summed E-state index contributed by atoms with van der Waals surface area (Å²) in [6.45, 7) is 2.61. The van der Waals surface area contributed by atoms with E-state index >= 15 is 0 Å². The van der Waals surface area contributed by atoms with Crippen molar-refractivity contribution in [1.82, 2.24) is 9.78 Å². The lowest BCUT2D eigenvalue weighted by Gasteiger charge is -2.09. The number of ketones is 1. The summed E-state index contributed by atoms with van der Waals surface area (Å²) in [5.74, 6) is 0.368. The highest BCUT2D eigenvalue weighted by molar-refractivity contribution is 5.94. The zero-order valence-electron chi connectivity index (χ0n) is 8.73. The highest BCUT2D eigenvalue weighted by Crippen LogP contribution is 2.10. The maximum Gasteiger partial charge on any atom is 0.183 e. The Bertz CT molecular complexity index is 302. The monoisotopic (exact) mass is 195 g/mol. The first kappa shape index (κ1) is 10.9. The summed E-state index contributed by atoms with van der Waals surface area (Å²) in [5.41, 5.74) is 6.08. The predicted octanol–water partition coefficient (Wildman–Crippen LogP) is 0.978. The van der Waals surface area contributed by atoms with Crippen molar-refractivity contribution in [1.29, 1.82) is 0 Å². The van der Waals surface area contributed by atoms with Crippen molar-refractivity contribution < 1.29 is 4.79 Å². The third-order valence-electron chi connectivity index (χ3n) is 2.38. The summed E-state index contributed by atoms with van der Waals surface area (Å²) in [6.07, 6.45) is 3.22. The molecular formula is C10H17N3O. The Morgan fingerprint density at radius 2 is 2.43 bits per heavy atom. The molecular weight excluding hydrogens is 178 g/mol. The molecule has 1 atom stereocenters. The summed E-state index contributed by atoms with van der Waals surface area (Å²) in [4.78, 5) is 11.7. The first-order valence-electron chi connectivity index (χ1n) is 4.90. The van der Waals surface area contributed by atoms with E-state index in [0.29, 0.717) is 18.7 Å². The number of hydrogen-bond donors (Lipinski definition) is 1. The smallest absolute Gasteiger partial charge is 0.183 e. The van der Waals surface area contributed by atoms with Gasteiger partial charge in [-0.2, -0.15) is 5.10 Å². The molecule has 0 aliphatic rings. The molecule has 0 saturated carbocycles. The van der Waals surface area contributed by atoms with Crippen molar-refractivity contribution in [3.05, 3.63) is 18.0 Å². The molecule has 1 aromatic rings. The van der Waals surface area contributed by atoms with E-state index in [2.05, 4.69) is 5.10 Å². The summed E-state index contributed by atoms with van der Waals surface area (Å²) in [7, 11) is 1.80. The van der Waals surface area contributed by atoms with Gasteiger partial charge in [-0.25, -0.2) is 0 Å². The van der Waals surface area contributed by atoms with Gasteiger partial charge in [0.25, 0.3) is 0 Å². The number of carbonyl (C=O) groups excluding carboxylic acids is 1. The molecule has 0 amide bonds. The highest BCUT2D eigenvalue weighted by Gasteiger charge is 2.14. The summed E-state index contributed by atoms with van der Waals surface area (Å²) in [6, 6.07) is 1.74. The topological polar surface area (TPSA) is 60.9 Å². The molecule has 4 nitrogen and oxygen atoms in total. The molecule has 14 heavy (non-hydrogen) atoms. The van der Waals surface area contributed by atoms with Gasteiger partial charge >= 0.3 is 0 Å². The highest BCUT2D eigenvalue weighted by atomic mass is 16.1. The second-order valence-corrected chi connectivity index (χ2v) is 3.51. The van der Waals surface area contributed by atoms with Crippen LogP contribution in [0.15, 0.2) is 12.3 Å². The van der Waals surface area contributed by atoms with Gasteiger partial charge in [0.1, 0.15) is 5.69 Å². The molecule has 4 heteroatoms. The van der Waals surface area contributed by atoms with Crippen LogP contribution in [0.2, 0.25) is 0 Å². The number of hydrogen-bond acceptors (Lipinski definition) is 3. The number of nitrogens with zero attached hydrogens (tertiary/aromatic N) is 2. The van der Waals surface area contributed by atoms with E-state index in [9.17, 15) is 4.79 Å². The third kappa shape index (κ3) is 2.67. The number of aromatic nitrogens is 2. The number of aryl methyl sites for hydroxylation is 1. The van der Waals surface area contributed by atoms with Gasteiger partial charge < -0.3 is 5.73 Å². The van der Waals surface area contributed by atoms with Crippen molar-refractivity contribution >= 4 is 5.78 Å². The number of nitrogens with two attached hydrogens (primary N) is 1. The van der Waals surface area contributed by atoms with Crippen LogP contribution < -0.4 is 5.73 Å². The first-order valence-corrected chi connectivity index (χ1v) is 4.90. The van der Waals surface area contributed by atoms with Crippen LogP contribution in [0.5, 0.6) is 0 Å². The normalized spacial score (nSPS) is 12.8. The minimum atomic E-state index is 0.0860. The van der Waals surface area contributed by atoms with Crippen LogP contribution in [0.1, 0.15) is 30.3 Å². The Morgan fingerprint density at radius 1 is 1.71 bits per heavy atom. The fraction of sp³-hybridized carbons (Fsp3) is 0.600. The Balaban J connectivity index is 2.58. The minimum absolute atomic E-state index is 0.0860. The number of Topliss-reactive ketones (excluding diaryl/α,β-unsaturated/α-hetero) is 1. The van der Waals surface area contributed by atoms with Gasteiger partial charge in [-0.05, 0) is 18.5 Å². The molecule has 0 saturated heterocycles. The molecule has 0 aliphatic carbocycles. The lowest BCUT2D eigenvalue weighted by Crippen LogP contribution is -2.17. The van der Waals surface area contributed by atoms with Crippen LogP contribution in [0, 0.1) is 5.92 Å². The standard InChI is InChI=1S/C10H17N3O/c1-3-8(7-11)6-10(14)9-4-5-13(2)12-9/h4-5,8H,3,6-7,11H2,1-2H3. The van der Waals surface area contributed by atoms with Crippen LogP contribution in [0.4, 0.5) is 0 Å². The van der Waals surface area contributed by atoms with Gasteiger partial charge in [-0.1, -0.05) is 13.3 Å². The molecule has 78 valence electrons. The van der Waals surface area contributed by atoms with Crippen LogP contribution in [-0.4, -0.2) is 22.1 Å². The van der Waals surface area contributed by atoms with Crippen molar-refractivity contribution in [2.75, 3.05) is 6.54 Å². The third-order valence-corrected chi connectivity index (χ3v) is 2.38. The maximum absolute atomic E-state index is 11.7. The largest absolute Gasteiger partial charge is 0.330 e. The van der Waals surface area contributed by atoms with Gasteiger partial charge in [0.2, 0.25) is 0 Å². The van der Waals surface area contributed by atoms with E-state index in [0.717, 1.165) is 6.42 Å². The van der Waals surface area contributed by atoms with Gasteiger partial charge in [0, 0.05) is 19.7 Å². The van der Waals surface area contributed by atoms with E-state index in [1.54, 1.807) is 24.0 Å². The van der Waals surface area contributed by atoms with E-state index < -0.39 is 0 Å².